The first-order valence-electron chi connectivity index (χ1n) is 13.3. The lowest BCUT2D eigenvalue weighted by atomic mass is 10.2. The minimum Gasteiger partial charge on any atom is -0.491 e. The molecule has 0 fully saturated rings. The topological polar surface area (TPSA) is 83.1 Å². The Labute approximate surface area is 227 Å². The summed E-state index contributed by atoms with van der Waals surface area (Å²) in [7, 11) is 0. The van der Waals surface area contributed by atoms with Crippen LogP contribution < -0.4 is 4.74 Å². The highest BCUT2D eigenvalue weighted by Gasteiger charge is 1.96. The summed E-state index contributed by atoms with van der Waals surface area (Å²) in [4.78, 5) is 0. The molecule has 0 saturated carbocycles. The standard InChI is InChI=1S/C29H44O9/c1-3-7-28(8-4-1)27-37-24-23-35-20-19-33-16-15-31-12-11-30-13-14-32-17-18-34-21-22-36-25-26-38-29-9-5-2-6-10-29/h1-10H,11-27H2. The summed E-state index contributed by atoms with van der Waals surface area (Å²) in [5.41, 5.74) is 1.16. The second kappa shape index (κ2) is 25.2. The molecule has 9 heteroatoms. The summed E-state index contributed by atoms with van der Waals surface area (Å²) in [5, 5.41) is 0. The van der Waals surface area contributed by atoms with Crippen LogP contribution in [-0.2, 0) is 44.5 Å². The van der Waals surface area contributed by atoms with Crippen LogP contribution in [0.4, 0.5) is 0 Å². The fourth-order valence-electron chi connectivity index (χ4n) is 3.04. The summed E-state index contributed by atoms with van der Waals surface area (Å²) in [6.45, 7) is 9.14. The van der Waals surface area contributed by atoms with Crippen LogP contribution in [0, 0.1) is 0 Å². The molecule has 2 aromatic rings. The van der Waals surface area contributed by atoms with Gasteiger partial charge in [0, 0.05) is 0 Å². The van der Waals surface area contributed by atoms with Crippen LogP contribution in [-0.4, -0.2) is 106 Å². The van der Waals surface area contributed by atoms with Gasteiger partial charge in [-0.3, -0.25) is 0 Å². The van der Waals surface area contributed by atoms with Gasteiger partial charge >= 0.3 is 0 Å². The second-order valence-electron chi connectivity index (χ2n) is 7.99. The maximum Gasteiger partial charge on any atom is 0.119 e. The first kappa shape index (κ1) is 32.1. The Hall–Kier alpha value is -2.08. The molecule has 0 atom stereocenters. The molecular formula is C29H44O9. The Morgan fingerprint density at radius 2 is 0.632 bits per heavy atom. The third-order valence-corrected chi connectivity index (χ3v) is 4.96. The van der Waals surface area contributed by atoms with E-state index in [1.807, 2.05) is 60.7 Å². The van der Waals surface area contributed by atoms with Gasteiger partial charge in [0.25, 0.3) is 0 Å². The van der Waals surface area contributed by atoms with Gasteiger partial charge in [-0.1, -0.05) is 48.5 Å². The van der Waals surface area contributed by atoms with E-state index in [2.05, 4.69) is 0 Å². The molecule has 0 spiro atoms. The van der Waals surface area contributed by atoms with E-state index in [1.165, 1.54) is 0 Å². The van der Waals surface area contributed by atoms with Crippen molar-refractivity contribution >= 4 is 0 Å². The lowest BCUT2D eigenvalue weighted by Crippen LogP contribution is -2.15. The van der Waals surface area contributed by atoms with Crippen LogP contribution in [0.5, 0.6) is 5.75 Å². The van der Waals surface area contributed by atoms with Gasteiger partial charge in [-0.15, -0.1) is 0 Å². The lowest BCUT2D eigenvalue weighted by Gasteiger charge is -2.09. The first-order chi connectivity index (χ1) is 18.9. The average Bonchev–Trinajstić information content (AvgIpc) is 2.96. The van der Waals surface area contributed by atoms with Gasteiger partial charge in [0.15, 0.2) is 0 Å². The fraction of sp³-hybridized carbons (Fsp3) is 0.586. The highest BCUT2D eigenvalue weighted by atomic mass is 16.6. The summed E-state index contributed by atoms with van der Waals surface area (Å²) < 4.78 is 49.4. The van der Waals surface area contributed by atoms with E-state index >= 15 is 0 Å². The van der Waals surface area contributed by atoms with Gasteiger partial charge in [-0.2, -0.15) is 0 Å². The Kier molecular flexibility index (Phi) is 21.3. The molecule has 0 radical (unpaired) electrons. The second-order valence-corrected chi connectivity index (χ2v) is 7.99. The molecule has 0 bridgehead atoms. The number of rotatable bonds is 27. The van der Waals surface area contributed by atoms with E-state index < -0.39 is 0 Å². The van der Waals surface area contributed by atoms with Gasteiger partial charge in [-0.05, 0) is 17.7 Å². The maximum atomic E-state index is 5.56. The van der Waals surface area contributed by atoms with Gasteiger partial charge in [0.1, 0.15) is 12.4 Å². The third-order valence-electron chi connectivity index (χ3n) is 4.96. The third kappa shape index (κ3) is 20.0. The number of benzene rings is 2. The molecule has 2 aromatic carbocycles. The van der Waals surface area contributed by atoms with Crippen molar-refractivity contribution in [1.29, 1.82) is 0 Å². The van der Waals surface area contributed by atoms with Crippen LogP contribution in [0.25, 0.3) is 0 Å². The van der Waals surface area contributed by atoms with Crippen LogP contribution in [0.15, 0.2) is 60.7 Å². The Balaban J connectivity index is 1.16. The van der Waals surface area contributed by atoms with Gasteiger partial charge < -0.3 is 42.6 Å². The molecule has 0 aliphatic carbocycles. The quantitative estimate of drug-likeness (QED) is 0.160. The van der Waals surface area contributed by atoms with E-state index in [-0.39, 0.29) is 0 Å². The largest absolute Gasteiger partial charge is 0.491 e. The molecule has 0 aliphatic rings. The van der Waals surface area contributed by atoms with Crippen molar-refractivity contribution in [2.45, 2.75) is 6.61 Å². The molecule has 0 amide bonds. The van der Waals surface area contributed by atoms with E-state index in [9.17, 15) is 0 Å². The SMILES string of the molecule is c1ccc(COCCOCCOCCOCCOCCOCCOCCOCCOc2ccccc2)cc1. The van der Waals surface area contributed by atoms with Crippen molar-refractivity contribution in [2.75, 3.05) is 106 Å². The number of para-hydroxylation sites is 1. The minimum absolute atomic E-state index is 0.522. The first-order valence-corrected chi connectivity index (χ1v) is 13.3. The van der Waals surface area contributed by atoms with Crippen LogP contribution in [0.1, 0.15) is 5.56 Å². The monoisotopic (exact) mass is 536 g/mol. The minimum atomic E-state index is 0.522. The van der Waals surface area contributed by atoms with Gasteiger partial charge in [0.05, 0.1) is 106 Å². The summed E-state index contributed by atoms with van der Waals surface area (Å²) >= 11 is 0. The summed E-state index contributed by atoms with van der Waals surface area (Å²) in [5.74, 6) is 0.848. The zero-order chi connectivity index (χ0) is 26.6. The number of ether oxygens (including phenoxy) is 9. The van der Waals surface area contributed by atoms with Crippen molar-refractivity contribution in [3.8, 4) is 5.75 Å². The molecule has 0 N–H and O–H groups in total. The molecule has 0 saturated heterocycles. The van der Waals surface area contributed by atoms with Crippen molar-refractivity contribution in [2.24, 2.45) is 0 Å². The summed E-state index contributed by atoms with van der Waals surface area (Å²) in [6, 6.07) is 19.8. The Bertz CT molecular complexity index is 670. The van der Waals surface area contributed by atoms with Crippen LogP contribution >= 0.6 is 0 Å². The molecule has 38 heavy (non-hydrogen) atoms. The van der Waals surface area contributed by atoms with Crippen molar-refractivity contribution in [3.63, 3.8) is 0 Å². The molecule has 0 aliphatic heterocycles. The predicted octanol–water partition coefficient (Wildman–Crippen LogP) is 3.40. The highest BCUT2D eigenvalue weighted by Crippen LogP contribution is 2.07. The van der Waals surface area contributed by atoms with Crippen molar-refractivity contribution in [3.05, 3.63) is 66.2 Å². The molecule has 2 rings (SSSR count). The van der Waals surface area contributed by atoms with E-state index in [4.69, 9.17) is 42.6 Å². The maximum absolute atomic E-state index is 5.56. The van der Waals surface area contributed by atoms with E-state index in [1.54, 1.807) is 0 Å². The van der Waals surface area contributed by atoms with Crippen LogP contribution in [0.3, 0.4) is 0 Å². The molecule has 9 nitrogen and oxygen atoms in total. The fourth-order valence-corrected chi connectivity index (χ4v) is 3.04. The molecular weight excluding hydrogens is 492 g/mol. The van der Waals surface area contributed by atoms with Gasteiger partial charge in [0.2, 0.25) is 0 Å². The van der Waals surface area contributed by atoms with Crippen molar-refractivity contribution in [1.82, 2.24) is 0 Å². The zero-order valence-electron chi connectivity index (χ0n) is 22.5. The smallest absolute Gasteiger partial charge is 0.119 e. The normalized spacial score (nSPS) is 11.2. The Morgan fingerprint density at radius 3 is 1.03 bits per heavy atom. The molecule has 214 valence electrons. The molecule has 0 heterocycles. The van der Waals surface area contributed by atoms with Crippen molar-refractivity contribution < 1.29 is 42.6 Å². The number of hydrogen-bond donors (Lipinski definition) is 0. The Morgan fingerprint density at radius 1 is 0.316 bits per heavy atom. The van der Waals surface area contributed by atoms with Crippen LogP contribution in [0.2, 0.25) is 0 Å². The molecule has 0 unspecified atom stereocenters. The number of hydrogen-bond acceptors (Lipinski definition) is 9. The zero-order valence-corrected chi connectivity index (χ0v) is 22.5. The van der Waals surface area contributed by atoms with Gasteiger partial charge in [-0.25, -0.2) is 0 Å². The average molecular weight is 537 g/mol. The predicted molar refractivity (Wildman–Crippen MR) is 144 cm³/mol. The highest BCUT2D eigenvalue weighted by molar-refractivity contribution is 5.20. The van der Waals surface area contributed by atoms with E-state index in [0.717, 1.165) is 11.3 Å². The van der Waals surface area contributed by atoms with E-state index in [0.29, 0.717) is 112 Å². The summed E-state index contributed by atoms with van der Waals surface area (Å²) in [6.07, 6.45) is 0. The lowest BCUT2D eigenvalue weighted by molar-refractivity contribution is -0.0240. The molecule has 0 aromatic heterocycles.